The van der Waals surface area contributed by atoms with E-state index < -0.39 is 13.8 Å². The molecule has 62 valence electrons. The molecule has 0 saturated heterocycles. The lowest BCUT2D eigenvalue weighted by Crippen LogP contribution is -1.99. The van der Waals surface area contributed by atoms with Gasteiger partial charge in [-0.25, -0.2) is 0 Å². The second-order valence-electron chi connectivity index (χ2n) is 1.24. The van der Waals surface area contributed by atoms with E-state index in [-0.39, 0.29) is 5.52 Å². The minimum absolute atomic E-state index is 0.234. The third kappa shape index (κ3) is 2.62. The molecule has 3 nitrogen and oxygen atoms in total. The number of alkyl halides is 3. The van der Waals surface area contributed by atoms with Crippen molar-refractivity contribution in [2.75, 3.05) is 12.6 Å². The van der Waals surface area contributed by atoms with Crippen molar-refractivity contribution in [1.29, 1.82) is 0 Å². The van der Waals surface area contributed by atoms with Crippen LogP contribution in [0.2, 0.25) is 0 Å². The minimum atomic E-state index is -4.15. The van der Waals surface area contributed by atoms with Gasteiger partial charge in [-0.1, -0.05) is 15.9 Å². The molecule has 0 aromatic heterocycles. The van der Waals surface area contributed by atoms with Crippen LogP contribution >= 0.6 is 23.5 Å². The largest absolute Gasteiger partial charge is 0.397 e. The molecule has 0 radical (unpaired) electrons. The van der Waals surface area contributed by atoms with E-state index in [0.29, 0.717) is 0 Å². The van der Waals surface area contributed by atoms with E-state index in [1.165, 1.54) is 0 Å². The molecular formula is C3H6BrF2O3P. The highest BCUT2D eigenvalue weighted by molar-refractivity contribution is 9.09. The summed E-state index contributed by atoms with van der Waals surface area (Å²) in [7, 11) is -3.24. The molecule has 0 aliphatic heterocycles. The van der Waals surface area contributed by atoms with Crippen LogP contribution in [0.15, 0.2) is 0 Å². The van der Waals surface area contributed by atoms with Crippen molar-refractivity contribution in [1.82, 2.24) is 0 Å². The van der Waals surface area contributed by atoms with Gasteiger partial charge in [-0.2, -0.15) is 8.78 Å². The predicted molar refractivity (Wildman–Crippen MR) is 35.5 cm³/mol. The van der Waals surface area contributed by atoms with Crippen molar-refractivity contribution >= 4 is 23.5 Å². The van der Waals surface area contributed by atoms with Gasteiger partial charge in [-0.05, 0) is 0 Å². The Bertz CT molecular complexity index is 142. The summed E-state index contributed by atoms with van der Waals surface area (Å²) in [5, 5.41) is 0. The Kier molecular flexibility index (Phi) is 4.60. The van der Waals surface area contributed by atoms with E-state index in [4.69, 9.17) is 0 Å². The molecule has 0 heterocycles. The first kappa shape index (κ1) is 10.5. The molecule has 1 atom stereocenters. The molecule has 7 heteroatoms. The fourth-order valence-electron chi connectivity index (χ4n) is 0.257. The van der Waals surface area contributed by atoms with Gasteiger partial charge in [-0.15, -0.1) is 0 Å². The van der Waals surface area contributed by atoms with Gasteiger partial charge in [0.1, 0.15) is 5.52 Å². The summed E-state index contributed by atoms with van der Waals surface area (Å²) in [5.41, 5.74) is -0.234. The summed E-state index contributed by atoms with van der Waals surface area (Å²) in [4.78, 5) is 0. The van der Waals surface area contributed by atoms with E-state index in [1.54, 1.807) is 0 Å². The first-order valence-electron chi connectivity index (χ1n) is 2.21. The molecule has 0 saturated carbocycles. The van der Waals surface area contributed by atoms with Crippen molar-refractivity contribution in [2.45, 2.75) is 6.17 Å². The summed E-state index contributed by atoms with van der Waals surface area (Å²) in [6, 6.07) is 0. The Labute approximate surface area is 65.4 Å². The van der Waals surface area contributed by atoms with E-state index in [9.17, 15) is 13.3 Å². The highest BCUT2D eigenvalue weighted by atomic mass is 79.9. The lowest BCUT2D eigenvalue weighted by atomic mass is 11.7. The average Bonchev–Trinajstić information content (AvgIpc) is 1.88. The minimum Gasteiger partial charge on any atom is -0.308 e. The van der Waals surface area contributed by atoms with Gasteiger partial charge in [0.05, 0.1) is 0 Å². The van der Waals surface area contributed by atoms with Crippen molar-refractivity contribution in [2.24, 2.45) is 0 Å². The highest BCUT2D eigenvalue weighted by Crippen LogP contribution is 2.53. The van der Waals surface area contributed by atoms with Crippen LogP contribution in [0.4, 0.5) is 8.78 Å². The predicted octanol–water partition coefficient (Wildman–Crippen LogP) is 2.42. The smallest absolute Gasteiger partial charge is 0.308 e. The summed E-state index contributed by atoms with van der Waals surface area (Å²) in [5.74, 6) is 0. The van der Waals surface area contributed by atoms with E-state index >= 15 is 0 Å². The van der Waals surface area contributed by atoms with Crippen LogP contribution in [-0.2, 0) is 13.6 Å². The Morgan fingerprint density at radius 2 is 2.20 bits per heavy atom. The Hall–Kier alpha value is 0.490. The number of hydrogen-bond donors (Lipinski definition) is 0. The fraction of sp³-hybridized carbons (Fsp3) is 1.00. The monoisotopic (exact) mass is 238 g/mol. The molecule has 0 amide bonds. The summed E-state index contributed by atoms with van der Waals surface area (Å²) >= 11 is 2.69. The zero-order valence-corrected chi connectivity index (χ0v) is 7.57. The SMILES string of the molecule is COP(=O)(OCBr)C(F)F. The van der Waals surface area contributed by atoms with Crippen LogP contribution in [0.25, 0.3) is 0 Å². The zero-order valence-electron chi connectivity index (χ0n) is 5.09. The molecule has 0 fully saturated rings. The maximum absolute atomic E-state index is 11.7. The van der Waals surface area contributed by atoms with Gasteiger partial charge in [0.25, 0.3) is 0 Å². The number of hydrogen-bond acceptors (Lipinski definition) is 3. The van der Waals surface area contributed by atoms with Crippen LogP contribution in [0.5, 0.6) is 0 Å². The van der Waals surface area contributed by atoms with Crippen LogP contribution in [0.3, 0.4) is 0 Å². The zero-order chi connectivity index (χ0) is 8.20. The normalized spacial score (nSPS) is 17.3. The Morgan fingerprint density at radius 1 is 1.70 bits per heavy atom. The van der Waals surface area contributed by atoms with E-state index in [0.717, 1.165) is 7.11 Å². The van der Waals surface area contributed by atoms with Gasteiger partial charge in [0, 0.05) is 7.11 Å². The third-order valence-electron chi connectivity index (χ3n) is 0.722. The second kappa shape index (κ2) is 4.38. The topological polar surface area (TPSA) is 35.5 Å². The Morgan fingerprint density at radius 3 is 2.30 bits per heavy atom. The molecular weight excluding hydrogens is 233 g/mol. The van der Waals surface area contributed by atoms with Gasteiger partial charge >= 0.3 is 13.8 Å². The lowest BCUT2D eigenvalue weighted by molar-refractivity contribution is 0.156. The van der Waals surface area contributed by atoms with Gasteiger partial charge in [0.2, 0.25) is 0 Å². The molecule has 0 N–H and O–H groups in total. The maximum Gasteiger partial charge on any atom is 0.397 e. The highest BCUT2D eigenvalue weighted by Gasteiger charge is 2.35. The molecule has 0 aliphatic carbocycles. The van der Waals surface area contributed by atoms with Gasteiger partial charge in [-0.3, -0.25) is 9.09 Å². The summed E-state index contributed by atoms with van der Waals surface area (Å²) in [6.07, 6.45) is -3.09. The molecule has 0 rings (SSSR count). The molecule has 0 aromatic rings. The maximum atomic E-state index is 11.7. The Balaban J connectivity index is 4.10. The molecule has 0 aromatic carbocycles. The molecule has 0 bridgehead atoms. The van der Waals surface area contributed by atoms with Gasteiger partial charge < -0.3 is 4.52 Å². The summed E-state index contributed by atoms with van der Waals surface area (Å²) in [6.45, 7) is 0. The number of halogens is 3. The first-order chi connectivity index (χ1) is 4.56. The van der Waals surface area contributed by atoms with Crippen LogP contribution in [-0.4, -0.2) is 18.8 Å². The van der Waals surface area contributed by atoms with Gasteiger partial charge in [0.15, 0.2) is 0 Å². The fourth-order valence-corrected chi connectivity index (χ4v) is 1.63. The first-order valence-corrected chi connectivity index (χ1v) is 4.94. The summed E-state index contributed by atoms with van der Waals surface area (Å²) < 4.78 is 42.3. The quantitative estimate of drug-likeness (QED) is 0.558. The molecule has 1 unspecified atom stereocenters. The standard InChI is InChI=1S/C3H6BrF2O3P/c1-8-10(7,3(5)6)9-2-4/h3H,2H2,1H3. The molecule has 0 spiro atoms. The van der Waals surface area contributed by atoms with E-state index in [1.807, 2.05) is 0 Å². The van der Waals surface area contributed by atoms with Crippen molar-refractivity contribution < 1.29 is 22.4 Å². The molecule has 10 heavy (non-hydrogen) atoms. The van der Waals surface area contributed by atoms with Crippen LogP contribution in [0, 0.1) is 0 Å². The molecule has 0 aliphatic rings. The van der Waals surface area contributed by atoms with Crippen LogP contribution < -0.4 is 0 Å². The van der Waals surface area contributed by atoms with Crippen LogP contribution in [0.1, 0.15) is 0 Å². The average molecular weight is 239 g/mol. The van der Waals surface area contributed by atoms with Crippen molar-refractivity contribution in [3.05, 3.63) is 0 Å². The van der Waals surface area contributed by atoms with Crippen molar-refractivity contribution in [3.8, 4) is 0 Å². The third-order valence-corrected chi connectivity index (χ3v) is 2.78. The second-order valence-corrected chi connectivity index (χ2v) is 3.79. The van der Waals surface area contributed by atoms with Crippen molar-refractivity contribution in [3.63, 3.8) is 0 Å². The van der Waals surface area contributed by atoms with E-state index in [2.05, 4.69) is 25.0 Å². The lowest BCUT2D eigenvalue weighted by Gasteiger charge is -2.12. The number of rotatable bonds is 4.